The Morgan fingerprint density at radius 3 is 2.00 bits per heavy atom. The SMILES string of the molecule is O=C(c1ccccc1)N1CC2CCC(CC2)C1. The zero-order valence-electron chi connectivity index (χ0n) is 10.1. The van der Waals surface area contributed by atoms with Crippen molar-refractivity contribution in [3.05, 3.63) is 35.9 Å². The van der Waals surface area contributed by atoms with Crippen molar-refractivity contribution < 1.29 is 4.79 Å². The van der Waals surface area contributed by atoms with E-state index in [1.54, 1.807) is 0 Å². The van der Waals surface area contributed by atoms with Crippen LogP contribution < -0.4 is 0 Å². The van der Waals surface area contributed by atoms with Gasteiger partial charge in [0.15, 0.2) is 0 Å². The van der Waals surface area contributed by atoms with Crippen molar-refractivity contribution in [2.45, 2.75) is 25.7 Å². The van der Waals surface area contributed by atoms with Gasteiger partial charge in [-0.15, -0.1) is 0 Å². The number of rotatable bonds is 1. The number of amides is 1. The van der Waals surface area contributed by atoms with E-state index in [0.29, 0.717) is 0 Å². The van der Waals surface area contributed by atoms with Crippen LogP contribution >= 0.6 is 0 Å². The molecule has 1 aliphatic carbocycles. The Hall–Kier alpha value is -1.31. The number of carbonyl (C=O) groups is 1. The first-order valence-electron chi connectivity index (χ1n) is 6.67. The maximum Gasteiger partial charge on any atom is 0.253 e. The van der Waals surface area contributed by atoms with E-state index < -0.39 is 0 Å². The molecule has 0 aromatic heterocycles. The average molecular weight is 229 g/mol. The number of nitrogens with zero attached hydrogens (tertiary/aromatic N) is 1. The van der Waals surface area contributed by atoms with Crippen LogP contribution in [0.4, 0.5) is 0 Å². The minimum atomic E-state index is 0.226. The standard InChI is InChI=1S/C15H19NO/c17-15(14-4-2-1-3-5-14)16-10-12-6-7-13(11-16)9-8-12/h1-5,12-13H,6-11H2. The summed E-state index contributed by atoms with van der Waals surface area (Å²) in [5.74, 6) is 1.73. The number of carbonyl (C=O) groups excluding carboxylic acids is 1. The van der Waals surface area contributed by atoms with Gasteiger partial charge < -0.3 is 4.90 Å². The third kappa shape index (κ3) is 2.21. The predicted octanol–water partition coefficient (Wildman–Crippen LogP) is 2.95. The first-order valence-corrected chi connectivity index (χ1v) is 6.67. The number of benzene rings is 1. The van der Waals surface area contributed by atoms with Crippen molar-refractivity contribution in [1.82, 2.24) is 4.90 Å². The van der Waals surface area contributed by atoms with Gasteiger partial charge in [0.05, 0.1) is 0 Å². The molecule has 0 N–H and O–H groups in total. The molecule has 2 nitrogen and oxygen atoms in total. The van der Waals surface area contributed by atoms with Gasteiger partial charge in [0, 0.05) is 18.7 Å². The molecule has 4 rings (SSSR count). The van der Waals surface area contributed by atoms with Crippen LogP contribution in [0.25, 0.3) is 0 Å². The van der Waals surface area contributed by atoms with Crippen LogP contribution in [0.5, 0.6) is 0 Å². The molecule has 2 aliphatic heterocycles. The lowest BCUT2D eigenvalue weighted by Crippen LogP contribution is -2.34. The third-order valence-electron chi connectivity index (χ3n) is 4.23. The number of fused-ring (bicyclic) bond motifs is 4. The predicted molar refractivity (Wildman–Crippen MR) is 67.8 cm³/mol. The highest BCUT2D eigenvalue weighted by Gasteiger charge is 2.31. The van der Waals surface area contributed by atoms with Gasteiger partial charge in [0.2, 0.25) is 0 Å². The Bertz CT molecular complexity index is 379. The number of hydrogen-bond acceptors (Lipinski definition) is 1. The van der Waals surface area contributed by atoms with E-state index in [0.717, 1.165) is 30.5 Å². The van der Waals surface area contributed by atoms with Gasteiger partial charge in [0.1, 0.15) is 0 Å². The molecule has 0 radical (unpaired) electrons. The van der Waals surface area contributed by atoms with E-state index in [-0.39, 0.29) is 5.91 Å². The van der Waals surface area contributed by atoms with Crippen LogP contribution in [0.1, 0.15) is 36.0 Å². The zero-order chi connectivity index (χ0) is 11.7. The van der Waals surface area contributed by atoms with Crippen LogP contribution in [-0.4, -0.2) is 23.9 Å². The van der Waals surface area contributed by atoms with Crippen LogP contribution in [0.15, 0.2) is 30.3 Å². The van der Waals surface area contributed by atoms with Crippen LogP contribution in [0.2, 0.25) is 0 Å². The van der Waals surface area contributed by atoms with Crippen LogP contribution in [0.3, 0.4) is 0 Å². The van der Waals surface area contributed by atoms with Crippen molar-refractivity contribution in [3.8, 4) is 0 Å². The van der Waals surface area contributed by atoms with Gasteiger partial charge in [-0.3, -0.25) is 4.79 Å². The lowest BCUT2D eigenvalue weighted by Gasteiger charge is -2.22. The van der Waals surface area contributed by atoms with Crippen molar-refractivity contribution >= 4 is 5.91 Å². The normalized spacial score (nSPS) is 27.9. The molecule has 0 atom stereocenters. The minimum absolute atomic E-state index is 0.226. The minimum Gasteiger partial charge on any atom is -0.338 e. The van der Waals surface area contributed by atoms with Gasteiger partial charge in [-0.05, 0) is 49.7 Å². The molecule has 1 amide bonds. The molecule has 2 heteroatoms. The van der Waals surface area contributed by atoms with Gasteiger partial charge >= 0.3 is 0 Å². The van der Waals surface area contributed by atoms with E-state index in [9.17, 15) is 4.79 Å². The van der Waals surface area contributed by atoms with E-state index in [4.69, 9.17) is 0 Å². The van der Waals surface area contributed by atoms with Crippen LogP contribution in [0, 0.1) is 11.8 Å². The van der Waals surface area contributed by atoms with Gasteiger partial charge in [0.25, 0.3) is 5.91 Å². The molecule has 3 aliphatic rings. The van der Waals surface area contributed by atoms with Crippen molar-refractivity contribution in [2.75, 3.05) is 13.1 Å². The molecule has 0 spiro atoms. The lowest BCUT2D eigenvalue weighted by molar-refractivity contribution is 0.0739. The fourth-order valence-electron chi connectivity index (χ4n) is 3.22. The monoisotopic (exact) mass is 229 g/mol. The van der Waals surface area contributed by atoms with Gasteiger partial charge in [-0.25, -0.2) is 0 Å². The van der Waals surface area contributed by atoms with Crippen molar-refractivity contribution in [1.29, 1.82) is 0 Å². The summed E-state index contributed by atoms with van der Waals surface area (Å²) in [6.07, 6.45) is 5.29. The van der Waals surface area contributed by atoms with Gasteiger partial charge in [-0.1, -0.05) is 18.2 Å². The van der Waals surface area contributed by atoms with E-state index in [1.165, 1.54) is 25.7 Å². The van der Waals surface area contributed by atoms with E-state index in [1.807, 2.05) is 30.3 Å². The Kier molecular flexibility index (Phi) is 2.87. The first kappa shape index (κ1) is 10.8. The molecule has 0 unspecified atom stereocenters. The highest BCUT2D eigenvalue weighted by atomic mass is 16.2. The molecule has 90 valence electrons. The molecule has 2 saturated heterocycles. The summed E-state index contributed by atoms with van der Waals surface area (Å²) in [6, 6.07) is 9.70. The Morgan fingerprint density at radius 1 is 0.941 bits per heavy atom. The number of hydrogen-bond donors (Lipinski definition) is 0. The molecular formula is C15H19NO. The zero-order valence-corrected chi connectivity index (χ0v) is 10.1. The second kappa shape index (κ2) is 4.52. The summed E-state index contributed by atoms with van der Waals surface area (Å²) in [5.41, 5.74) is 0.841. The quantitative estimate of drug-likeness (QED) is 0.725. The van der Waals surface area contributed by atoms with Crippen molar-refractivity contribution in [2.24, 2.45) is 11.8 Å². The molecule has 3 fully saturated rings. The van der Waals surface area contributed by atoms with Gasteiger partial charge in [-0.2, -0.15) is 0 Å². The molecule has 1 aromatic carbocycles. The molecule has 17 heavy (non-hydrogen) atoms. The summed E-state index contributed by atoms with van der Waals surface area (Å²) in [7, 11) is 0. The van der Waals surface area contributed by atoms with E-state index >= 15 is 0 Å². The summed E-state index contributed by atoms with van der Waals surface area (Å²) in [6.45, 7) is 1.95. The van der Waals surface area contributed by atoms with E-state index in [2.05, 4.69) is 4.90 Å². The third-order valence-corrected chi connectivity index (χ3v) is 4.23. The summed E-state index contributed by atoms with van der Waals surface area (Å²) in [5, 5.41) is 0. The average Bonchev–Trinajstić information content (AvgIpc) is 2.72. The maximum atomic E-state index is 12.4. The Labute approximate surface area is 103 Å². The second-order valence-electron chi connectivity index (χ2n) is 5.46. The molecule has 1 saturated carbocycles. The summed E-state index contributed by atoms with van der Waals surface area (Å²) in [4.78, 5) is 14.5. The summed E-state index contributed by atoms with van der Waals surface area (Å²) < 4.78 is 0. The highest BCUT2D eigenvalue weighted by Crippen LogP contribution is 2.34. The molecular weight excluding hydrogens is 210 g/mol. The molecule has 2 heterocycles. The first-order chi connectivity index (χ1) is 8.33. The largest absolute Gasteiger partial charge is 0.338 e. The topological polar surface area (TPSA) is 20.3 Å². The highest BCUT2D eigenvalue weighted by molar-refractivity contribution is 5.94. The molecule has 1 aromatic rings. The molecule has 2 bridgehead atoms. The Balaban J connectivity index is 1.78. The second-order valence-corrected chi connectivity index (χ2v) is 5.46. The lowest BCUT2D eigenvalue weighted by atomic mass is 9.84. The summed E-state index contributed by atoms with van der Waals surface area (Å²) >= 11 is 0. The Morgan fingerprint density at radius 2 is 1.47 bits per heavy atom. The fourth-order valence-corrected chi connectivity index (χ4v) is 3.22. The van der Waals surface area contributed by atoms with Crippen molar-refractivity contribution in [3.63, 3.8) is 0 Å². The van der Waals surface area contributed by atoms with Crippen LogP contribution in [-0.2, 0) is 0 Å². The fraction of sp³-hybridized carbons (Fsp3) is 0.533. The maximum absolute atomic E-state index is 12.4. The smallest absolute Gasteiger partial charge is 0.253 e.